The van der Waals surface area contributed by atoms with E-state index >= 15 is 0 Å². The first-order chi connectivity index (χ1) is 37.7. The van der Waals surface area contributed by atoms with Crippen LogP contribution in [-0.4, -0.2) is 0 Å². The van der Waals surface area contributed by atoms with E-state index in [9.17, 15) is 0 Å². The van der Waals surface area contributed by atoms with Crippen molar-refractivity contribution in [3.8, 4) is 66.8 Å². The van der Waals surface area contributed by atoms with E-state index in [1.165, 1.54) is 99.4 Å². The third-order valence-corrected chi connectivity index (χ3v) is 15.7. The molecular formula is C75H51N. The topological polar surface area (TPSA) is 3.24 Å². The van der Waals surface area contributed by atoms with Gasteiger partial charge in [-0.3, -0.25) is 0 Å². The molecule has 0 spiro atoms. The Hall–Kier alpha value is -9.82. The fraction of sp³-hybridized carbons (Fsp3) is 0.0133. The van der Waals surface area contributed by atoms with Crippen molar-refractivity contribution < 1.29 is 0 Å². The Morgan fingerprint density at radius 3 is 1.21 bits per heavy atom. The zero-order valence-corrected chi connectivity index (χ0v) is 41.9. The van der Waals surface area contributed by atoms with Gasteiger partial charge in [0, 0.05) is 22.3 Å². The Balaban J connectivity index is 1.07. The molecule has 0 bridgehead atoms. The van der Waals surface area contributed by atoms with Crippen molar-refractivity contribution in [3.05, 3.63) is 332 Å². The summed E-state index contributed by atoms with van der Waals surface area (Å²) in [6.07, 6.45) is 0. The molecule has 1 heteroatoms. The summed E-state index contributed by atoms with van der Waals surface area (Å²) in [5.41, 5.74) is 21.9. The standard InChI is InChI=1S/C75H51N/c1-6-23-52(24-7-1)56-29-22-30-58(49-56)73-69-39-20-18-37-65(69)66-38-19-21-40-70(66)74(73)76(61-44-41-55(42-45-61)64-36-17-16-35-63(64)54-27-10-3-11-28-54)62-46-48-68-67-47-43-57(53-25-8-2-9-26-53)50-71(67)75(72(68)51-62,59-31-12-4-13-32-59)60-33-14-5-15-34-60/h1-51H. The fourth-order valence-corrected chi connectivity index (χ4v) is 12.4. The predicted molar refractivity (Wildman–Crippen MR) is 321 cm³/mol. The molecule has 1 aliphatic rings. The quantitative estimate of drug-likeness (QED) is 0.123. The summed E-state index contributed by atoms with van der Waals surface area (Å²) in [6.45, 7) is 0. The maximum atomic E-state index is 2.56. The van der Waals surface area contributed by atoms with Gasteiger partial charge >= 0.3 is 0 Å². The monoisotopic (exact) mass is 965 g/mol. The van der Waals surface area contributed by atoms with Gasteiger partial charge in [-0.2, -0.15) is 0 Å². The minimum Gasteiger partial charge on any atom is -0.309 e. The molecule has 0 saturated heterocycles. The third kappa shape index (κ3) is 7.47. The van der Waals surface area contributed by atoms with Crippen LogP contribution in [0.3, 0.4) is 0 Å². The molecule has 0 saturated carbocycles. The molecule has 356 valence electrons. The molecule has 0 N–H and O–H groups in total. The van der Waals surface area contributed by atoms with E-state index in [2.05, 4.69) is 314 Å². The molecule has 0 amide bonds. The number of fused-ring (bicyclic) bond motifs is 6. The number of rotatable bonds is 10. The molecule has 0 heterocycles. The molecule has 0 fully saturated rings. The predicted octanol–water partition coefficient (Wildman–Crippen LogP) is 20.2. The third-order valence-electron chi connectivity index (χ3n) is 15.7. The number of nitrogens with zero attached hydrogens (tertiary/aromatic N) is 1. The summed E-state index contributed by atoms with van der Waals surface area (Å²) >= 11 is 0. The molecule has 0 aromatic heterocycles. The Kier molecular flexibility index (Phi) is 11.2. The number of hydrogen-bond donors (Lipinski definition) is 0. The zero-order valence-electron chi connectivity index (χ0n) is 41.9. The van der Waals surface area contributed by atoms with Crippen molar-refractivity contribution in [1.29, 1.82) is 0 Å². The second-order valence-corrected chi connectivity index (χ2v) is 19.9. The van der Waals surface area contributed by atoms with Crippen molar-refractivity contribution in [1.82, 2.24) is 0 Å². The largest absolute Gasteiger partial charge is 0.309 e. The zero-order chi connectivity index (χ0) is 50.4. The normalized spacial score (nSPS) is 12.3. The van der Waals surface area contributed by atoms with Gasteiger partial charge in [0.1, 0.15) is 0 Å². The summed E-state index contributed by atoms with van der Waals surface area (Å²) in [6, 6.07) is 114. The lowest BCUT2D eigenvalue weighted by Crippen LogP contribution is -2.29. The van der Waals surface area contributed by atoms with Gasteiger partial charge in [0.05, 0.1) is 11.1 Å². The second kappa shape index (κ2) is 18.9. The highest BCUT2D eigenvalue weighted by atomic mass is 15.1. The van der Waals surface area contributed by atoms with Crippen LogP contribution in [0.2, 0.25) is 0 Å². The van der Waals surface area contributed by atoms with E-state index in [1.807, 2.05) is 0 Å². The van der Waals surface area contributed by atoms with E-state index in [1.54, 1.807) is 0 Å². The Labute approximate surface area is 444 Å². The highest BCUT2D eigenvalue weighted by Gasteiger charge is 2.47. The Morgan fingerprint density at radius 2 is 0.618 bits per heavy atom. The van der Waals surface area contributed by atoms with E-state index < -0.39 is 5.41 Å². The second-order valence-electron chi connectivity index (χ2n) is 19.9. The van der Waals surface area contributed by atoms with Gasteiger partial charge in [0.2, 0.25) is 0 Å². The lowest BCUT2D eigenvalue weighted by atomic mass is 9.67. The summed E-state index contributed by atoms with van der Waals surface area (Å²) < 4.78 is 0. The van der Waals surface area contributed by atoms with Crippen LogP contribution in [0, 0.1) is 0 Å². The van der Waals surface area contributed by atoms with Crippen molar-refractivity contribution in [2.45, 2.75) is 5.41 Å². The lowest BCUT2D eigenvalue weighted by Gasteiger charge is -2.35. The summed E-state index contributed by atoms with van der Waals surface area (Å²) in [7, 11) is 0. The highest BCUT2D eigenvalue weighted by Crippen LogP contribution is 2.59. The minimum atomic E-state index is -0.650. The maximum Gasteiger partial charge on any atom is 0.0714 e. The van der Waals surface area contributed by atoms with Gasteiger partial charge in [-0.15, -0.1) is 0 Å². The summed E-state index contributed by atoms with van der Waals surface area (Å²) in [5, 5.41) is 4.80. The Morgan fingerprint density at radius 1 is 0.224 bits per heavy atom. The molecule has 13 aromatic carbocycles. The molecule has 1 nitrogen and oxygen atoms in total. The molecular weight excluding hydrogens is 915 g/mol. The van der Waals surface area contributed by atoms with Crippen LogP contribution in [0.15, 0.2) is 309 Å². The summed E-state index contributed by atoms with van der Waals surface area (Å²) in [4.78, 5) is 2.56. The molecule has 13 aromatic rings. The van der Waals surface area contributed by atoms with Gasteiger partial charge in [0.15, 0.2) is 0 Å². The molecule has 14 rings (SSSR count). The average molecular weight is 966 g/mol. The van der Waals surface area contributed by atoms with Gasteiger partial charge in [-0.25, -0.2) is 0 Å². The van der Waals surface area contributed by atoms with Crippen LogP contribution < -0.4 is 4.90 Å². The first-order valence-electron chi connectivity index (χ1n) is 26.3. The van der Waals surface area contributed by atoms with Crippen LogP contribution in [0.4, 0.5) is 17.1 Å². The number of anilines is 3. The van der Waals surface area contributed by atoms with Gasteiger partial charge in [0.25, 0.3) is 0 Å². The van der Waals surface area contributed by atoms with Crippen LogP contribution in [0.1, 0.15) is 22.3 Å². The lowest BCUT2D eigenvalue weighted by molar-refractivity contribution is 0.768. The summed E-state index contributed by atoms with van der Waals surface area (Å²) in [5.74, 6) is 0. The number of benzene rings is 13. The number of hydrogen-bond acceptors (Lipinski definition) is 1. The average Bonchev–Trinajstić information content (AvgIpc) is 4.01. The maximum absolute atomic E-state index is 2.56. The molecule has 0 aliphatic heterocycles. The molecule has 1 aliphatic carbocycles. The molecule has 76 heavy (non-hydrogen) atoms. The van der Waals surface area contributed by atoms with E-state index in [-0.39, 0.29) is 0 Å². The molecule has 0 radical (unpaired) electrons. The smallest absolute Gasteiger partial charge is 0.0714 e. The van der Waals surface area contributed by atoms with Crippen molar-refractivity contribution in [2.75, 3.05) is 4.90 Å². The Bertz CT molecular complexity index is 4200. The van der Waals surface area contributed by atoms with Crippen LogP contribution >= 0.6 is 0 Å². The van der Waals surface area contributed by atoms with Gasteiger partial charge in [-0.05, 0) is 136 Å². The van der Waals surface area contributed by atoms with Gasteiger partial charge in [-0.1, -0.05) is 273 Å². The van der Waals surface area contributed by atoms with Crippen LogP contribution in [0.5, 0.6) is 0 Å². The minimum absolute atomic E-state index is 0.650. The first-order valence-corrected chi connectivity index (χ1v) is 26.3. The van der Waals surface area contributed by atoms with Crippen LogP contribution in [0.25, 0.3) is 88.3 Å². The van der Waals surface area contributed by atoms with Crippen molar-refractivity contribution >= 4 is 38.6 Å². The van der Waals surface area contributed by atoms with Crippen molar-refractivity contribution in [3.63, 3.8) is 0 Å². The fourth-order valence-electron chi connectivity index (χ4n) is 12.4. The van der Waals surface area contributed by atoms with Gasteiger partial charge < -0.3 is 4.90 Å². The SMILES string of the molecule is c1ccc(-c2cccc(-c3c(N(c4ccc(-c5ccccc5-c5ccccc5)cc4)c4ccc5c(c4)C(c4ccccc4)(c4ccccc4)c4cc(-c6ccccc6)ccc4-5)c4ccccc4c4ccccc34)c2)cc1. The molecule has 0 unspecified atom stereocenters. The van der Waals surface area contributed by atoms with E-state index in [0.29, 0.717) is 0 Å². The van der Waals surface area contributed by atoms with E-state index in [4.69, 9.17) is 0 Å². The van der Waals surface area contributed by atoms with Crippen molar-refractivity contribution in [2.24, 2.45) is 0 Å². The van der Waals surface area contributed by atoms with Crippen LogP contribution in [-0.2, 0) is 5.41 Å². The van der Waals surface area contributed by atoms with E-state index in [0.717, 1.165) is 28.2 Å². The highest BCUT2D eigenvalue weighted by molar-refractivity contribution is 6.22. The first kappa shape index (κ1) is 44.8. The molecule has 0 atom stereocenters.